The smallest absolute Gasteiger partial charge is 0.167 e. The minimum absolute atomic E-state index is 0. The Morgan fingerprint density at radius 1 is 1.11 bits per heavy atom. The topological polar surface area (TPSA) is 73.9 Å². The van der Waals surface area contributed by atoms with Gasteiger partial charge >= 0.3 is 0 Å². The first-order valence-electron chi connectivity index (χ1n) is 8.88. The van der Waals surface area contributed by atoms with E-state index >= 15 is 0 Å². The first-order chi connectivity index (χ1) is 13.1. The molecule has 2 aromatic heterocycles. The van der Waals surface area contributed by atoms with Gasteiger partial charge in [0.05, 0.1) is 11.1 Å². The number of rotatable bonds is 3. The van der Waals surface area contributed by atoms with Crippen LogP contribution in [0.3, 0.4) is 0 Å². The molecule has 9 heteroatoms. The number of hydrogen-bond acceptors (Lipinski definition) is 6. The van der Waals surface area contributed by atoms with Crippen LogP contribution in [0.4, 0.5) is 5.82 Å². The summed E-state index contributed by atoms with van der Waals surface area (Å²) in [6, 6.07) is 9.74. The summed E-state index contributed by atoms with van der Waals surface area (Å²) in [6.45, 7) is 5.73. The van der Waals surface area contributed by atoms with E-state index in [-0.39, 0.29) is 19.0 Å². The molecule has 7 nitrogen and oxygen atoms in total. The van der Waals surface area contributed by atoms with Gasteiger partial charge in [-0.25, -0.2) is 15.0 Å². The number of imidazole rings is 1. The molecule has 1 aliphatic rings. The summed E-state index contributed by atoms with van der Waals surface area (Å²) in [4.78, 5) is 18.7. The summed E-state index contributed by atoms with van der Waals surface area (Å²) in [5, 5.41) is 9.96. The van der Waals surface area contributed by atoms with Gasteiger partial charge in [0, 0.05) is 31.7 Å². The molecule has 0 unspecified atom stereocenters. The number of halogens is 2. The second-order valence-electron chi connectivity index (χ2n) is 6.72. The number of nitriles is 1. The fourth-order valence-electron chi connectivity index (χ4n) is 3.40. The Kier molecular flexibility index (Phi) is 6.04. The summed E-state index contributed by atoms with van der Waals surface area (Å²) in [7, 11) is 2.12. The van der Waals surface area contributed by atoms with Crippen LogP contribution in [0.1, 0.15) is 5.82 Å². The van der Waals surface area contributed by atoms with E-state index in [0.717, 1.165) is 43.1 Å². The molecule has 0 amide bonds. The van der Waals surface area contributed by atoms with Crippen LogP contribution >= 0.6 is 24.0 Å². The number of likely N-dealkylation sites (N-methyl/N-ethyl adjacent to an activating group) is 1. The van der Waals surface area contributed by atoms with Crippen molar-refractivity contribution in [3.05, 3.63) is 35.1 Å². The molecule has 0 N–H and O–H groups in total. The molecule has 1 aromatic carbocycles. The van der Waals surface area contributed by atoms with Gasteiger partial charge in [-0.1, -0.05) is 23.7 Å². The lowest BCUT2D eigenvalue weighted by atomic mass is 10.2. The highest BCUT2D eigenvalue weighted by atomic mass is 35.5. The zero-order valence-corrected chi connectivity index (χ0v) is 17.3. The van der Waals surface area contributed by atoms with Crippen molar-refractivity contribution in [1.29, 1.82) is 5.26 Å². The lowest BCUT2D eigenvalue weighted by Gasteiger charge is -2.33. The van der Waals surface area contributed by atoms with Crippen LogP contribution in [-0.4, -0.2) is 57.6 Å². The number of piperazine rings is 1. The molecule has 3 aromatic rings. The fraction of sp³-hybridized carbons (Fsp3) is 0.368. The SMILES string of the molecule is Cc1nc(N2CCN(C)CC2)c2nc(-c3ccccc3Cl)n(CC#N)c2n1.Cl. The van der Waals surface area contributed by atoms with E-state index in [1.54, 1.807) is 0 Å². The minimum Gasteiger partial charge on any atom is -0.352 e. The average Bonchev–Trinajstić information content (AvgIpc) is 3.01. The number of nitrogens with zero attached hydrogens (tertiary/aromatic N) is 7. The predicted octanol–water partition coefficient (Wildman–Crippen LogP) is 3.15. The van der Waals surface area contributed by atoms with Crippen LogP contribution in [0.15, 0.2) is 24.3 Å². The molecule has 4 rings (SSSR count). The van der Waals surface area contributed by atoms with E-state index in [1.807, 2.05) is 35.8 Å². The van der Waals surface area contributed by atoms with Crippen LogP contribution < -0.4 is 4.90 Å². The number of benzene rings is 1. The summed E-state index contributed by atoms with van der Waals surface area (Å²) in [6.07, 6.45) is 0. The highest BCUT2D eigenvalue weighted by Gasteiger charge is 2.24. The zero-order chi connectivity index (χ0) is 19.0. The van der Waals surface area contributed by atoms with Crippen molar-refractivity contribution >= 4 is 41.0 Å². The van der Waals surface area contributed by atoms with Crippen molar-refractivity contribution < 1.29 is 0 Å². The molecule has 0 bridgehead atoms. The molecular weight excluding hydrogens is 397 g/mol. The lowest BCUT2D eigenvalue weighted by molar-refractivity contribution is 0.312. The predicted molar refractivity (Wildman–Crippen MR) is 113 cm³/mol. The third-order valence-corrected chi connectivity index (χ3v) is 5.16. The second-order valence-corrected chi connectivity index (χ2v) is 7.12. The monoisotopic (exact) mass is 417 g/mol. The third kappa shape index (κ3) is 3.63. The number of fused-ring (bicyclic) bond motifs is 1. The Morgan fingerprint density at radius 2 is 1.82 bits per heavy atom. The Morgan fingerprint density at radius 3 is 2.50 bits per heavy atom. The maximum atomic E-state index is 9.36. The Bertz CT molecular complexity index is 1030. The quantitative estimate of drug-likeness (QED) is 0.651. The third-order valence-electron chi connectivity index (χ3n) is 4.83. The van der Waals surface area contributed by atoms with Gasteiger partial charge in [-0.3, -0.25) is 4.57 Å². The summed E-state index contributed by atoms with van der Waals surface area (Å²) >= 11 is 6.41. The van der Waals surface area contributed by atoms with Crippen LogP contribution in [0, 0.1) is 18.3 Å². The minimum atomic E-state index is 0. The van der Waals surface area contributed by atoms with E-state index < -0.39 is 0 Å². The Balaban J connectivity index is 0.00000225. The van der Waals surface area contributed by atoms with Crippen molar-refractivity contribution in [3.63, 3.8) is 0 Å². The lowest BCUT2D eigenvalue weighted by Crippen LogP contribution is -2.45. The molecule has 0 aliphatic carbocycles. The van der Waals surface area contributed by atoms with Gasteiger partial charge in [0.1, 0.15) is 18.2 Å². The van der Waals surface area contributed by atoms with Crippen LogP contribution in [0.25, 0.3) is 22.6 Å². The summed E-state index contributed by atoms with van der Waals surface area (Å²) < 4.78 is 1.82. The van der Waals surface area contributed by atoms with Gasteiger partial charge in [0.2, 0.25) is 0 Å². The number of hydrogen-bond donors (Lipinski definition) is 0. The molecule has 0 radical (unpaired) electrons. The van der Waals surface area contributed by atoms with Gasteiger partial charge in [0.15, 0.2) is 17.0 Å². The largest absolute Gasteiger partial charge is 0.352 e. The molecule has 1 fully saturated rings. The molecule has 28 heavy (non-hydrogen) atoms. The van der Waals surface area contributed by atoms with Gasteiger partial charge in [0.25, 0.3) is 0 Å². The molecule has 0 saturated carbocycles. The van der Waals surface area contributed by atoms with Gasteiger partial charge in [-0.2, -0.15) is 5.26 Å². The van der Waals surface area contributed by atoms with Crippen LogP contribution in [-0.2, 0) is 6.54 Å². The highest BCUT2D eigenvalue weighted by Crippen LogP contribution is 2.32. The Labute approximate surface area is 175 Å². The van der Waals surface area contributed by atoms with E-state index in [0.29, 0.717) is 22.3 Å². The van der Waals surface area contributed by atoms with Gasteiger partial charge in [-0.05, 0) is 26.1 Å². The van der Waals surface area contributed by atoms with Gasteiger partial charge in [-0.15, -0.1) is 12.4 Å². The van der Waals surface area contributed by atoms with E-state index in [2.05, 4.69) is 32.9 Å². The molecule has 1 saturated heterocycles. The maximum Gasteiger partial charge on any atom is 0.167 e. The van der Waals surface area contributed by atoms with Crippen LogP contribution in [0.5, 0.6) is 0 Å². The number of aryl methyl sites for hydroxylation is 1. The molecule has 0 atom stereocenters. The number of anilines is 1. The van der Waals surface area contributed by atoms with Gasteiger partial charge < -0.3 is 9.80 Å². The van der Waals surface area contributed by atoms with E-state index in [4.69, 9.17) is 16.6 Å². The van der Waals surface area contributed by atoms with Crippen molar-refractivity contribution in [3.8, 4) is 17.5 Å². The fourth-order valence-corrected chi connectivity index (χ4v) is 3.62. The molecule has 3 heterocycles. The molecule has 146 valence electrons. The Hall–Kier alpha value is -2.40. The first kappa shape index (κ1) is 20.3. The summed E-state index contributed by atoms with van der Waals surface area (Å²) in [5.41, 5.74) is 2.18. The highest BCUT2D eigenvalue weighted by molar-refractivity contribution is 6.33. The molecule has 0 spiro atoms. The summed E-state index contributed by atoms with van der Waals surface area (Å²) in [5.74, 6) is 2.14. The average molecular weight is 418 g/mol. The zero-order valence-electron chi connectivity index (χ0n) is 15.8. The first-order valence-corrected chi connectivity index (χ1v) is 9.26. The van der Waals surface area contributed by atoms with Crippen molar-refractivity contribution in [2.24, 2.45) is 0 Å². The van der Waals surface area contributed by atoms with E-state index in [1.165, 1.54) is 0 Å². The van der Waals surface area contributed by atoms with Crippen LogP contribution in [0.2, 0.25) is 5.02 Å². The standard InChI is InChI=1S/C19H20ClN7.ClH/c1-13-22-18(26-11-9-25(2)10-12-26)16-19(23-13)27(8-7-21)17(24-16)14-5-3-4-6-15(14)20;/h3-6H,8-12H2,1-2H3;1H. The molecular formula is C19H21Cl2N7. The normalized spacial score (nSPS) is 14.7. The van der Waals surface area contributed by atoms with E-state index in [9.17, 15) is 5.26 Å². The van der Waals surface area contributed by atoms with Crippen molar-refractivity contribution in [2.75, 3.05) is 38.1 Å². The van der Waals surface area contributed by atoms with Crippen molar-refractivity contribution in [2.45, 2.75) is 13.5 Å². The van der Waals surface area contributed by atoms with Crippen molar-refractivity contribution in [1.82, 2.24) is 24.4 Å². The second kappa shape index (κ2) is 8.31. The maximum absolute atomic E-state index is 9.36. The molecule has 1 aliphatic heterocycles. The number of aromatic nitrogens is 4.